The van der Waals surface area contributed by atoms with Gasteiger partial charge < -0.3 is 15.4 Å². The van der Waals surface area contributed by atoms with Crippen LogP contribution in [-0.2, 0) is 10.3 Å². The van der Waals surface area contributed by atoms with E-state index in [1.54, 1.807) is 4.68 Å². The molecule has 31 heavy (non-hydrogen) atoms. The molecule has 0 spiro atoms. The first-order chi connectivity index (χ1) is 15.0. The summed E-state index contributed by atoms with van der Waals surface area (Å²) in [6.45, 7) is 0. The van der Waals surface area contributed by atoms with Crippen molar-refractivity contribution in [3.8, 4) is 0 Å². The summed E-state index contributed by atoms with van der Waals surface area (Å²) in [6, 6.07) is 14.0. The lowest BCUT2D eigenvalue weighted by Gasteiger charge is -2.60. The average Bonchev–Trinajstić information content (AvgIpc) is 3.25. The Hall–Kier alpha value is -3.29. The Balaban J connectivity index is 1.35. The largest absolute Gasteiger partial charge is 0.490 e. The molecule has 0 aliphatic heterocycles. The Morgan fingerprint density at radius 2 is 1.84 bits per heavy atom. The predicted octanol–water partition coefficient (Wildman–Crippen LogP) is 4.27. The van der Waals surface area contributed by atoms with Gasteiger partial charge in [0.15, 0.2) is 0 Å². The van der Waals surface area contributed by atoms with Gasteiger partial charge in [-0.25, -0.2) is 0 Å². The number of hydrogen-bond donors (Lipinski definition) is 1. The number of rotatable bonds is 4. The van der Waals surface area contributed by atoms with Gasteiger partial charge in [-0.2, -0.15) is 4.68 Å². The summed E-state index contributed by atoms with van der Waals surface area (Å²) in [5.41, 5.74) is 0.00714. The van der Waals surface area contributed by atoms with Crippen molar-refractivity contribution in [2.24, 2.45) is 17.3 Å². The average molecular weight is 417 g/mol. The molecule has 8 heteroatoms. The van der Waals surface area contributed by atoms with Crippen molar-refractivity contribution >= 4 is 28.3 Å². The van der Waals surface area contributed by atoms with Crippen molar-refractivity contribution in [1.29, 1.82) is 0 Å². The highest BCUT2D eigenvalue weighted by Crippen LogP contribution is 2.64. The van der Waals surface area contributed by atoms with Crippen molar-refractivity contribution in [2.45, 2.75) is 44.1 Å². The Bertz CT molecular complexity index is 1200. The Kier molecular flexibility index (Phi) is 3.79. The van der Waals surface area contributed by atoms with Gasteiger partial charge in [-0.3, -0.25) is 4.79 Å². The van der Waals surface area contributed by atoms with Gasteiger partial charge in [-0.1, -0.05) is 41.4 Å². The molecule has 0 unspecified atom stereocenters. The fourth-order valence-electron chi connectivity index (χ4n) is 6.90. The molecule has 0 radical (unpaired) electrons. The molecule has 1 aromatic heterocycles. The summed E-state index contributed by atoms with van der Waals surface area (Å²) in [7, 11) is 0. The molecule has 1 heterocycles. The van der Waals surface area contributed by atoms with Crippen molar-refractivity contribution in [3.63, 3.8) is 0 Å². The molecule has 4 bridgehead atoms. The molecule has 158 valence electrons. The van der Waals surface area contributed by atoms with Crippen molar-refractivity contribution < 1.29 is 9.72 Å². The normalized spacial score (nSPS) is 31.1. The highest BCUT2D eigenvalue weighted by molar-refractivity contribution is 6.04. The molecule has 4 aliphatic carbocycles. The van der Waals surface area contributed by atoms with Crippen LogP contribution in [0.1, 0.15) is 38.5 Å². The second kappa shape index (κ2) is 6.35. The summed E-state index contributed by atoms with van der Waals surface area (Å²) in [5.74, 6) is 0.562. The smallest absolute Gasteiger partial charge is 0.390 e. The van der Waals surface area contributed by atoms with Gasteiger partial charge in [0.25, 0.3) is 0 Å². The van der Waals surface area contributed by atoms with Gasteiger partial charge >= 0.3 is 5.95 Å². The topological polar surface area (TPSA) is 103 Å². The molecule has 4 saturated carbocycles. The van der Waals surface area contributed by atoms with Crippen LogP contribution in [0, 0.1) is 27.4 Å². The molecule has 2 aromatic carbocycles. The summed E-state index contributed by atoms with van der Waals surface area (Å²) < 4.78 is 1.70. The monoisotopic (exact) mass is 417 g/mol. The maximum atomic E-state index is 13.7. The zero-order valence-electron chi connectivity index (χ0n) is 17.0. The first-order valence-electron chi connectivity index (χ1n) is 10.8. The number of fused-ring (bicyclic) bond motifs is 1. The zero-order chi connectivity index (χ0) is 21.2. The number of amides is 1. The summed E-state index contributed by atoms with van der Waals surface area (Å²) in [5, 5.41) is 20.7. The van der Waals surface area contributed by atoms with Gasteiger partial charge in [0.05, 0.1) is 11.0 Å². The van der Waals surface area contributed by atoms with Crippen LogP contribution in [-0.4, -0.2) is 25.6 Å². The lowest BCUT2D eigenvalue weighted by molar-refractivity contribution is -0.394. The number of nitrogens with zero attached hydrogens (tertiary/aromatic N) is 4. The van der Waals surface area contributed by atoms with Crippen molar-refractivity contribution in [1.82, 2.24) is 14.8 Å². The van der Waals surface area contributed by atoms with E-state index in [1.807, 2.05) is 42.5 Å². The van der Waals surface area contributed by atoms with Crippen LogP contribution in [0.4, 0.5) is 11.6 Å². The van der Waals surface area contributed by atoms with Crippen LogP contribution >= 0.6 is 0 Å². The van der Waals surface area contributed by atoms with Gasteiger partial charge in [0, 0.05) is 16.2 Å². The van der Waals surface area contributed by atoms with Crippen LogP contribution in [0.15, 0.2) is 48.8 Å². The minimum atomic E-state index is -0.556. The van der Waals surface area contributed by atoms with E-state index in [1.165, 1.54) is 6.33 Å². The highest BCUT2D eigenvalue weighted by atomic mass is 16.6. The maximum absolute atomic E-state index is 13.7. The molecule has 8 nitrogen and oxygen atoms in total. The molecule has 1 N–H and O–H groups in total. The third kappa shape index (κ3) is 2.77. The van der Waals surface area contributed by atoms with E-state index in [9.17, 15) is 14.9 Å². The maximum Gasteiger partial charge on any atom is 0.490 e. The number of carbonyl (C=O) groups is 1. The van der Waals surface area contributed by atoms with Gasteiger partial charge in [-0.15, -0.1) is 0 Å². The second-order valence-electron chi connectivity index (χ2n) is 9.69. The van der Waals surface area contributed by atoms with E-state index in [2.05, 4.69) is 15.4 Å². The Labute approximate surface area is 178 Å². The third-order valence-electron chi connectivity index (χ3n) is 7.68. The number of nitro groups is 1. The van der Waals surface area contributed by atoms with E-state index < -0.39 is 10.3 Å². The summed E-state index contributed by atoms with van der Waals surface area (Å²) in [6.07, 6.45) is 6.84. The molecular weight excluding hydrogens is 394 g/mol. The predicted molar refractivity (Wildman–Crippen MR) is 114 cm³/mol. The fraction of sp³-hybridized carbons (Fsp3) is 0.435. The van der Waals surface area contributed by atoms with Crippen LogP contribution in [0.2, 0.25) is 0 Å². The van der Waals surface area contributed by atoms with Crippen LogP contribution in [0.3, 0.4) is 0 Å². The number of benzene rings is 2. The minimum Gasteiger partial charge on any atom is -0.390 e. The van der Waals surface area contributed by atoms with E-state index in [4.69, 9.17) is 0 Å². The first kappa shape index (κ1) is 18.5. The van der Waals surface area contributed by atoms with Gasteiger partial charge in [-0.05, 0) is 66.7 Å². The lowest BCUT2D eigenvalue weighted by atomic mass is 9.46. The molecule has 2 atom stereocenters. The van der Waals surface area contributed by atoms with Crippen LogP contribution in [0.5, 0.6) is 0 Å². The fourth-order valence-corrected chi connectivity index (χ4v) is 6.90. The number of anilines is 1. The molecule has 4 aliphatic rings. The van der Waals surface area contributed by atoms with E-state index >= 15 is 0 Å². The minimum absolute atomic E-state index is 0.0666. The standard InChI is InChI=1S/C23H23N5O3/c29-20(25-19-7-3-5-17-4-1-2-6-18(17)19)22-9-15-8-16(10-22)12-23(11-15,13-22)27-14-24-21(26-27)28(30)31/h1-7,14-16H,8-13H2,(H,25,29)/t15-,16-,22?,23?/m1/s1. The highest BCUT2D eigenvalue weighted by Gasteiger charge is 2.62. The molecule has 3 aromatic rings. The third-order valence-corrected chi connectivity index (χ3v) is 7.68. The lowest BCUT2D eigenvalue weighted by Crippen LogP contribution is -2.60. The van der Waals surface area contributed by atoms with Gasteiger partial charge in [0.2, 0.25) is 12.2 Å². The molecule has 4 fully saturated rings. The number of hydrogen-bond acceptors (Lipinski definition) is 5. The SMILES string of the molecule is O=C(Nc1cccc2ccccc12)C12C[C@H]3C[C@H](C1)CC(n1cnc([N+](=O)[O-])n1)(C3)C2. The summed E-state index contributed by atoms with van der Waals surface area (Å²) >= 11 is 0. The van der Waals surface area contributed by atoms with Crippen LogP contribution < -0.4 is 5.32 Å². The Morgan fingerprint density at radius 3 is 2.58 bits per heavy atom. The molecular formula is C23H23N5O3. The van der Waals surface area contributed by atoms with E-state index in [0.29, 0.717) is 18.3 Å². The Morgan fingerprint density at radius 1 is 1.10 bits per heavy atom. The molecule has 1 amide bonds. The summed E-state index contributed by atoms with van der Waals surface area (Å²) in [4.78, 5) is 28.2. The quantitative estimate of drug-likeness (QED) is 0.504. The number of nitrogens with one attached hydrogen (secondary N) is 1. The number of aromatic nitrogens is 3. The first-order valence-corrected chi connectivity index (χ1v) is 10.8. The second-order valence-corrected chi connectivity index (χ2v) is 9.69. The van der Waals surface area contributed by atoms with E-state index in [0.717, 1.165) is 48.6 Å². The van der Waals surface area contributed by atoms with Crippen molar-refractivity contribution in [3.05, 3.63) is 58.9 Å². The molecule has 7 rings (SSSR count). The number of carbonyl (C=O) groups excluding carboxylic acids is 1. The van der Waals surface area contributed by atoms with E-state index in [-0.39, 0.29) is 17.4 Å². The zero-order valence-corrected chi connectivity index (χ0v) is 17.0. The molecule has 0 saturated heterocycles. The van der Waals surface area contributed by atoms with Crippen LogP contribution in [0.25, 0.3) is 10.8 Å². The van der Waals surface area contributed by atoms with Gasteiger partial charge in [0.1, 0.15) is 0 Å². The van der Waals surface area contributed by atoms with Crippen molar-refractivity contribution in [2.75, 3.05) is 5.32 Å².